The van der Waals surface area contributed by atoms with Crippen molar-refractivity contribution in [3.05, 3.63) is 114 Å². The Morgan fingerprint density at radius 3 is 2.34 bits per heavy atom. The van der Waals surface area contributed by atoms with Gasteiger partial charge >= 0.3 is 0 Å². The number of carbonyl (C=O) groups excluding carboxylic acids is 1. The SMILES string of the molecule is C=C(C)[C@@H]1CC[C@]2(CNCc3ccoc3)CC[C@]3(C)[C@H](CC[C@@H]4[C@@]5(C)CC=C(c6ccc(C(=O)C(O)c7ccccc7)cc6)C(C)(C)[C@@H]5CC[C@]43C)[C@@H]12. The van der Waals surface area contributed by atoms with Gasteiger partial charge in [0.25, 0.3) is 0 Å². The van der Waals surface area contributed by atoms with E-state index in [1.54, 1.807) is 6.26 Å². The number of carbonyl (C=O) groups is 1. The normalized spacial score (nSPS) is 37.7. The molecule has 4 saturated carbocycles. The Morgan fingerprint density at radius 1 is 0.887 bits per heavy atom. The number of benzene rings is 2. The van der Waals surface area contributed by atoms with Gasteiger partial charge in [-0.25, -0.2) is 0 Å². The Morgan fingerprint density at radius 2 is 1.64 bits per heavy atom. The third-order valence-corrected chi connectivity index (χ3v) is 17.0. The Kier molecular flexibility index (Phi) is 9.17. The van der Waals surface area contributed by atoms with E-state index in [0.717, 1.165) is 25.4 Å². The first kappa shape index (κ1) is 36.8. The highest BCUT2D eigenvalue weighted by Gasteiger charge is 2.70. The number of Topliss-reactive ketones (excluding diaryl/α,β-unsaturated/α-hetero) is 1. The monoisotopic (exact) mass is 713 g/mol. The first-order valence-electron chi connectivity index (χ1n) is 20.7. The van der Waals surface area contributed by atoms with Gasteiger partial charge in [0, 0.05) is 24.2 Å². The fraction of sp³-hybridized carbons (Fsp3) is 0.571. The lowest BCUT2D eigenvalue weighted by atomic mass is 9.32. The molecule has 2 N–H and O–H groups in total. The molecule has 1 aromatic heterocycles. The van der Waals surface area contributed by atoms with Gasteiger partial charge in [-0.2, -0.15) is 0 Å². The number of nitrogens with one attached hydrogen (secondary N) is 1. The second-order valence-corrected chi connectivity index (χ2v) is 19.6. The van der Waals surface area contributed by atoms with E-state index in [4.69, 9.17) is 4.42 Å². The minimum absolute atomic E-state index is 0.0139. The van der Waals surface area contributed by atoms with Gasteiger partial charge in [0.05, 0.1) is 12.5 Å². The van der Waals surface area contributed by atoms with Gasteiger partial charge in [-0.05, 0) is 144 Å². The zero-order chi connectivity index (χ0) is 37.4. The molecule has 0 saturated heterocycles. The third kappa shape index (κ3) is 5.63. The lowest BCUT2D eigenvalue weighted by Crippen LogP contribution is -2.65. The first-order chi connectivity index (χ1) is 25.3. The molecule has 8 rings (SSSR count). The van der Waals surface area contributed by atoms with Crippen molar-refractivity contribution >= 4 is 11.4 Å². The second-order valence-electron chi connectivity index (χ2n) is 19.6. The van der Waals surface area contributed by atoms with Crippen molar-refractivity contribution in [2.75, 3.05) is 6.54 Å². The number of fused-ring (bicyclic) bond motifs is 7. The summed E-state index contributed by atoms with van der Waals surface area (Å²) < 4.78 is 5.38. The van der Waals surface area contributed by atoms with Crippen LogP contribution in [0.1, 0.15) is 132 Å². The summed E-state index contributed by atoms with van der Waals surface area (Å²) in [7, 11) is 0. The van der Waals surface area contributed by atoms with E-state index in [1.165, 1.54) is 73.6 Å². The third-order valence-electron chi connectivity index (χ3n) is 17.0. The largest absolute Gasteiger partial charge is 0.472 e. The quantitative estimate of drug-likeness (QED) is 0.171. The molecule has 0 spiro atoms. The summed E-state index contributed by atoms with van der Waals surface area (Å²) in [5, 5.41) is 14.7. The van der Waals surface area contributed by atoms with Crippen LogP contribution in [0.25, 0.3) is 5.57 Å². The van der Waals surface area contributed by atoms with Gasteiger partial charge in [0.1, 0.15) is 6.10 Å². The average Bonchev–Trinajstić information content (AvgIpc) is 3.80. The minimum Gasteiger partial charge on any atom is -0.472 e. The highest BCUT2D eigenvalue weighted by molar-refractivity contribution is 6.00. The maximum atomic E-state index is 13.2. The van der Waals surface area contributed by atoms with E-state index >= 15 is 0 Å². The van der Waals surface area contributed by atoms with Crippen LogP contribution in [0.2, 0.25) is 0 Å². The van der Waals surface area contributed by atoms with Gasteiger partial charge in [0.2, 0.25) is 0 Å². The molecular weight excluding hydrogens is 651 g/mol. The smallest absolute Gasteiger partial charge is 0.195 e. The van der Waals surface area contributed by atoms with Gasteiger partial charge in [-0.15, -0.1) is 0 Å². The molecule has 2 aromatic carbocycles. The summed E-state index contributed by atoms with van der Waals surface area (Å²) in [6.45, 7) is 22.1. The Labute approximate surface area is 318 Å². The first-order valence-corrected chi connectivity index (χ1v) is 20.7. The van der Waals surface area contributed by atoms with Crippen LogP contribution >= 0.6 is 0 Å². The van der Waals surface area contributed by atoms with E-state index < -0.39 is 6.10 Å². The summed E-state index contributed by atoms with van der Waals surface area (Å²) in [5.74, 6) is 3.12. The molecule has 4 fully saturated rings. The topological polar surface area (TPSA) is 62.5 Å². The van der Waals surface area contributed by atoms with Gasteiger partial charge in [-0.1, -0.05) is 107 Å². The number of allylic oxidation sites excluding steroid dienone is 3. The molecule has 3 aromatic rings. The minimum atomic E-state index is -1.15. The van der Waals surface area contributed by atoms with E-state index in [-0.39, 0.29) is 16.6 Å². The maximum absolute atomic E-state index is 13.2. The number of aliphatic hydroxyl groups is 1. The maximum Gasteiger partial charge on any atom is 0.195 e. The van der Waals surface area contributed by atoms with Crippen molar-refractivity contribution in [2.45, 2.75) is 112 Å². The van der Waals surface area contributed by atoms with Gasteiger partial charge in [0.15, 0.2) is 5.78 Å². The predicted octanol–water partition coefficient (Wildman–Crippen LogP) is 11.6. The molecule has 1 heterocycles. The Balaban J connectivity index is 1.05. The number of hydrogen-bond donors (Lipinski definition) is 2. The number of rotatable bonds is 9. The summed E-state index contributed by atoms with van der Waals surface area (Å²) in [5.41, 5.74) is 7.72. The van der Waals surface area contributed by atoms with Crippen LogP contribution in [0.5, 0.6) is 0 Å². The number of hydrogen-bond acceptors (Lipinski definition) is 4. The van der Waals surface area contributed by atoms with Crippen molar-refractivity contribution in [3.63, 3.8) is 0 Å². The fourth-order valence-corrected chi connectivity index (χ4v) is 14.3. The van der Waals surface area contributed by atoms with E-state index in [9.17, 15) is 9.90 Å². The highest BCUT2D eigenvalue weighted by atomic mass is 16.3. The Hall–Kier alpha value is -3.21. The van der Waals surface area contributed by atoms with Crippen LogP contribution in [0, 0.1) is 56.7 Å². The zero-order valence-electron chi connectivity index (χ0n) is 33.2. The summed E-state index contributed by atoms with van der Waals surface area (Å²) in [4.78, 5) is 13.2. The van der Waals surface area contributed by atoms with E-state index in [1.807, 2.05) is 48.7 Å². The van der Waals surface area contributed by atoms with Crippen molar-refractivity contribution in [3.8, 4) is 0 Å². The van der Waals surface area contributed by atoms with Crippen molar-refractivity contribution in [1.82, 2.24) is 5.32 Å². The summed E-state index contributed by atoms with van der Waals surface area (Å²) in [6.07, 6.45) is 16.8. The molecule has 10 atom stereocenters. The standard InChI is InChI=1S/C49H63NO3/c1-32(2)37-19-25-49(31-50-29-33-22-28-53-30-33)27-26-47(6)39(42(37)49)17-18-41-46(5)23-20-38(45(3,4)40(46)21-24-48(41,47)7)34-13-15-36(16-14-34)44(52)43(51)35-11-9-8-10-12-35/h8-16,20,22,28,30,37,39-43,50-51H,1,17-19,21,23-27,29,31H2,2-7H3/t37-,39+,40-,41+,42+,43?,46-,47+,48+,49+/m0/s1. The second kappa shape index (κ2) is 13.2. The molecule has 5 aliphatic carbocycles. The molecule has 4 nitrogen and oxygen atoms in total. The zero-order valence-corrected chi connectivity index (χ0v) is 33.2. The van der Waals surface area contributed by atoms with Gasteiger partial charge in [-0.3, -0.25) is 4.79 Å². The molecule has 5 aliphatic rings. The van der Waals surface area contributed by atoms with Crippen molar-refractivity contribution in [2.24, 2.45) is 56.7 Å². The van der Waals surface area contributed by atoms with E-state index in [2.05, 4.69) is 77.7 Å². The molecule has 0 aliphatic heterocycles. The number of ketones is 1. The van der Waals surface area contributed by atoms with Crippen LogP contribution < -0.4 is 5.32 Å². The number of furan rings is 1. The molecule has 0 amide bonds. The molecular formula is C49H63NO3. The molecule has 53 heavy (non-hydrogen) atoms. The van der Waals surface area contributed by atoms with Crippen LogP contribution in [0.15, 0.2) is 95.8 Å². The van der Waals surface area contributed by atoms with Crippen LogP contribution in [0.4, 0.5) is 0 Å². The van der Waals surface area contributed by atoms with E-state index in [0.29, 0.717) is 51.0 Å². The average molecular weight is 714 g/mol. The Bertz CT molecular complexity index is 1860. The van der Waals surface area contributed by atoms with Crippen molar-refractivity contribution < 1.29 is 14.3 Å². The fourth-order valence-electron chi connectivity index (χ4n) is 14.3. The summed E-state index contributed by atoms with van der Waals surface area (Å²) in [6, 6.07) is 19.4. The van der Waals surface area contributed by atoms with Crippen LogP contribution in [0.3, 0.4) is 0 Å². The molecule has 0 radical (unpaired) electrons. The molecule has 282 valence electrons. The predicted molar refractivity (Wildman–Crippen MR) is 215 cm³/mol. The lowest BCUT2D eigenvalue weighted by molar-refractivity contribution is -0.225. The van der Waals surface area contributed by atoms with Crippen LogP contribution in [-0.2, 0) is 6.54 Å². The summed E-state index contributed by atoms with van der Waals surface area (Å²) >= 11 is 0. The van der Waals surface area contributed by atoms with Crippen LogP contribution in [-0.4, -0.2) is 17.4 Å². The molecule has 4 heteroatoms. The highest BCUT2D eigenvalue weighted by Crippen LogP contribution is 2.77. The lowest BCUT2D eigenvalue weighted by Gasteiger charge is -2.72. The van der Waals surface area contributed by atoms with Crippen molar-refractivity contribution in [1.29, 1.82) is 0 Å². The molecule has 1 unspecified atom stereocenters. The molecule has 0 bridgehead atoms. The van der Waals surface area contributed by atoms with Gasteiger partial charge < -0.3 is 14.8 Å². The number of aliphatic hydroxyl groups excluding tert-OH is 1.